The van der Waals surface area contributed by atoms with E-state index in [1.54, 1.807) is 11.4 Å². The number of thiol groups is 1. The third kappa shape index (κ3) is 2.90. The quantitative estimate of drug-likeness (QED) is 0.575. The number of primary amides is 1. The van der Waals surface area contributed by atoms with Crippen molar-refractivity contribution in [1.82, 2.24) is 0 Å². The molecule has 2 nitrogen and oxygen atoms in total. The van der Waals surface area contributed by atoms with Crippen molar-refractivity contribution in [2.45, 2.75) is 4.90 Å². The Kier molecular flexibility index (Phi) is 5.08. The van der Waals surface area contributed by atoms with E-state index in [0.29, 0.717) is 5.56 Å². The normalized spacial score (nSPS) is 9.56. The molecule has 2 rings (SSSR count). The first-order chi connectivity index (χ1) is 7.18. The van der Waals surface area contributed by atoms with E-state index in [-0.39, 0.29) is 31.0 Å². The summed E-state index contributed by atoms with van der Waals surface area (Å²) < 4.78 is 0. The van der Waals surface area contributed by atoms with Gasteiger partial charge >= 0.3 is 29.6 Å². The molecule has 0 aliphatic heterocycles. The van der Waals surface area contributed by atoms with Crippen molar-refractivity contribution in [3.05, 3.63) is 41.3 Å². The molecule has 1 aromatic heterocycles. The average molecular weight is 259 g/mol. The minimum absolute atomic E-state index is 0. The van der Waals surface area contributed by atoms with Crippen LogP contribution in [0, 0.1) is 0 Å². The van der Waals surface area contributed by atoms with Crippen molar-refractivity contribution in [1.29, 1.82) is 0 Å². The molecule has 5 heteroatoms. The summed E-state index contributed by atoms with van der Waals surface area (Å²) in [6.07, 6.45) is 0. The Morgan fingerprint density at radius 3 is 2.62 bits per heavy atom. The first kappa shape index (κ1) is 13.8. The van der Waals surface area contributed by atoms with Crippen LogP contribution in [0.5, 0.6) is 0 Å². The maximum atomic E-state index is 10.9. The molecule has 0 atom stereocenters. The van der Waals surface area contributed by atoms with Crippen LogP contribution in [0.2, 0.25) is 0 Å². The standard InChI is InChI=1S/C11H9NOS2.Na.H/c12-11(13)7-5-10(15-6-7)8-3-1-2-4-9(8)14;;/h1-6,14H,(H2,12,13);;/q;+1;-1. The van der Waals surface area contributed by atoms with Crippen molar-refractivity contribution in [3.8, 4) is 10.4 Å². The molecule has 0 unspecified atom stereocenters. The first-order valence-electron chi connectivity index (χ1n) is 4.35. The smallest absolute Gasteiger partial charge is 1.00 e. The maximum absolute atomic E-state index is 10.9. The van der Waals surface area contributed by atoms with Gasteiger partial charge in [0.15, 0.2) is 0 Å². The summed E-state index contributed by atoms with van der Waals surface area (Å²) >= 11 is 5.86. The van der Waals surface area contributed by atoms with Crippen molar-refractivity contribution < 1.29 is 35.8 Å². The van der Waals surface area contributed by atoms with Crippen LogP contribution in [0.1, 0.15) is 11.8 Å². The van der Waals surface area contributed by atoms with Gasteiger partial charge in [-0.15, -0.1) is 24.0 Å². The van der Waals surface area contributed by atoms with Crippen LogP contribution in [-0.2, 0) is 0 Å². The van der Waals surface area contributed by atoms with Crippen molar-refractivity contribution in [2.75, 3.05) is 0 Å². The minimum atomic E-state index is -0.394. The van der Waals surface area contributed by atoms with Crippen molar-refractivity contribution in [2.24, 2.45) is 5.73 Å². The number of rotatable bonds is 2. The molecule has 2 aromatic rings. The zero-order chi connectivity index (χ0) is 10.8. The number of nitrogens with two attached hydrogens (primary N) is 1. The molecule has 0 radical (unpaired) electrons. The molecular weight excluding hydrogens is 249 g/mol. The molecule has 1 amide bonds. The van der Waals surface area contributed by atoms with Gasteiger partial charge in [-0.25, -0.2) is 0 Å². The van der Waals surface area contributed by atoms with Crippen LogP contribution >= 0.6 is 24.0 Å². The summed E-state index contributed by atoms with van der Waals surface area (Å²) in [7, 11) is 0. The molecule has 0 aliphatic carbocycles. The number of hydrogen-bond donors (Lipinski definition) is 2. The molecule has 1 aromatic carbocycles. The van der Waals surface area contributed by atoms with Gasteiger partial charge in [-0.3, -0.25) is 4.79 Å². The van der Waals surface area contributed by atoms with Crippen LogP contribution in [0.25, 0.3) is 10.4 Å². The SMILES string of the molecule is NC(=O)c1csc(-c2ccccc2S)c1.[H-].[Na+]. The second kappa shape index (κ2) is 5.89. The second-order valence-corrected chi connectivity index (χ2v) is 4.47. The number of amides is 1. The van der Waals surface area contributed by atoms with Gasteiger partial charge in [0.25, 0.3) is 0 Å². The molecule has 1 heterocycles. The van der Waals surface area contributed by atoms with Crippen molar-refractivity contribution >= 4 is 29.9 Å². The summed E-state index contributed by atoms with van der Waals surface area (Å²) in [6, 6.07) is 9.55. The summed E-state index contributed by atoms with van der Waals surface area (Å²) in [5.41, 5.74) is 6.77. The molecule has 0 saturated heterocycles. The Bertz CT molecular complexity index is 516. The molecule has 0 fully saturated rings. The molecule has 2 N–H and O–H groups in total. The van der Waals surface area contributed by atoms with E-state index in [4.69, 9.17) is 5.73 Å². The van der Waals surface area contributed by atoms with Gasteiger partial charge in [0.1, 0.15) is 0 Å². The van der Waals surface area contributed by atoms with Gasteiger partial charge in [-0.1, -0.05) is 18.2 Å². The Morgan fingerprint density at radius 2 is 2.06 bits per heavy atom. The van der Waals surface area contributed by atoms with E-state index < -0.39 is 5.91 Å². The van der Waals surface area contributed by atoms with Gasteiger partial charge in [-0.2, -0.15) is 0 Å². The van der Waals surface area contributed by atoms with Crippen LogP contribution in [0.4, 0.5) is 0 Å². The third-order valence-corrected chi connectivity index (χ3v) is 3.41. The number of thiophene rings is 1. The average Bonchev–Trinajstić information content (AvgIpc) is 2.67. The predicted molar refractivity (Wildman–Crippen MR) is 66.6 cm³/mol. The fourth-order valence-corrected chi connectivity index (χ4v) is 2.58. The van der Waals surface area contributed by atoms with E-state index in [2.05, 4.69) is 12.6 Å². The van der Waals surface area contributed by atoms with Gasteiger partial charge in [0, 0.05) is 20.7 Å². The summed E-state index contributed by atoms with van der Waals surface area (Å²) in [4.78, 5) is 12.8. The van der Waals surface area contributed by atoms with E-state index >= 15 is 0 Å². The molecule has 0 bridgehead atoms. The molecule has 0 aliphatic rings. The predicted octanol–water partition coefficient (Wildman–Crippen LogP) is -0.0808. The number of carbonyl (C=O) groups is 1. The number of hydrogen-bond acceptors (Lipinski definition) is 3. The third-order valence-electron chi connectivity index (χ3n) is 2.05. The van der Waals surface area contributed by atoms with E-state index in [1.807, 2.05) is 24.3 Å². The first-order valence-corrected chi connectivity index (χ1v) is 5.68. The topological polar surface area (TPSA) is 43.1 Å². The van der Waals surface area contributed by atoms with E-state index in [0.717, 1.165) is 15.3 Å². The Morgan fingerprint density at radius 1 is 1.38 bits per heavy atom. The summed E-state index contributed by atoms with van der Waals surface area (Å²) in [5, 5.41) is 1.76. The van der Waals surface area contributed by atoms with Gasteiger partial charge in [0.05, 0.1) is 5.56 Å². The van der Waals surface area contributed by atoms with Crippen molar-refractivity contribution in [3.63, 3.8) is 0 Å². The molecule has 0 saturated carbocycles. The van der Waals surface area contributed by atoms with Crippen LogP contribution in [0.3, 0.4) is 0 Å². The largest absolute Gasteiger partial charge is 1.00 e. The monoisotopic (exact) mass is 259 g/mol. The van der Waals surface area contributed by atoms with Gasteiger partial charge < -0.3 is 7.16 Å². The van der Waals surface area contributed by atoms with Gasteiger partial charge in [-0.05, 0) is 12.1 Å². The van der Waals surface area contributed by atoms with Crippen LogP contribution in [-0.4, -0.2) is 5.91 Å². The van der Waals surface area contributed by atoms with E-state index in [1.165, 1.54) is 11.3 Å². The Hall–Kier alpha value is -0.260. The Balaban J connectivity index is 0.00000128. The Labute approximate surface area is 127 Å². The fourth-order valence-electron chi connectivity index (χ4n) is 1.29. The van der Waals surface area contributed by atoms with E-state index in [9.17, 15) is 4.79 Å². The molecule has 0 spiro atoms. The fraction of sp³-hybridized carbons (Fsp3) is 0. The number of benzene rings is 1. The van der Waals surface area contributed by atoms with Crippen LogP contribution < -0.4 is 35.3 Å². The molecule has 78 valence electrons. The maximum Gasteiger partial charge on any atom is 1.00 e. The summed E-state index contributed by atoms with van der Waals surface area (Å²) in [5.74, 6) is -0.394. The molecule has 16 heavy (non-hydrogen) atoms. The molecular formula is C11H10NNaOS2. The minimum Gasteiger partial charge on any atom is -1.00 e. The number of carbonyl (C=O) groups excluding carboxylic acids is 1. The van der Waals surface area contributed by atoms with Crippen LogP contribution in [0.15, 0.2) is 40.6 Å². The zero-order valence-electron chi connectivity index (χ0n) is 9.81. The summed E-state index contributed by atoms with van der Waals surface area (Å²) in [6.45, 7) is 0. The zero-order valence-corrected chi connectivity index (χ0v) is 12.5. The second-order valence-electron chi connectivity index (χ2n) is 3.08. The van der Waals surface area contributed by atoms with Gasteiger partial charge in [0.2, 0.25) is 5.91 Å².